The topological polar surface area (TPSA) is 79.7 Å². The van der Waals surface area contributed by atoms with Gasteiger partial charge < -0.3 is 9.47 Å². The van der Waals surface area contributed by atoms with Crippen molar-refractivity contribution in [2.45, 2.75) is 44.6 Å². The van der Waals surface area contributed by atoms with Crippen molar-refractivity contribution >= 4 is 17.5 Å². The summed E-state index contributed by atoms with van der Waals surface area (Å²) in [6, 6.07) is 4.71. The van der Waals surface area contributed by atoms with Crippen molar-refractivity contribution in [3.63, 3.8) is 0 Å². The Morgan fingerprint density at radius 1 is 1.27 bits per heavy atom. The van der Waals surface area contributed by atoms with Crippen molar-refractivity contribution in [2.24, 2.45) is 0 Å². The molecule has 1 N–H and O–H groups in total. The minimum absolute atomic E-state index is 0.153. The summed E-state index contributed by atoms with van der Waals surface area (Å²) in [5, 5.41) is 15.1. The number of halogens is 4. The summed E-state index contributed by atoms with van der Waals surface area (Å²) in [6.45, 7) is 2.33. The van der Waals surface area contributed by atoms with Gasteiger partial charge >= 0.3 is 6.18 Å². The van der Waals surface area contributed by atoms with Crippen LogP contribution in [-0.2, 0) is 12.7 Å². The van der Waals surface area contributed by atoms with Gasteiger partial charge in [-0.3, -0.25) is 9.89 Å². The molecule has 5 rings (SSSR count). The highest BCUT2D eigenvalue weighted by atomic mass is 35.5. The quantitative estimate of drug-likeness (QED) is 0.658. The third-order valence-electron chi connectivity index (χ3n) is 5.68. The summed E-state index contributed by atoms with van der Waals surface area (Å²) in [5.41, 5.74) is 0.377. The summed E-state index contributed by atoms with van der Waals surface area (Å²) < 4.78 is 41.6. The largest absolute Gasteiger partial charge is 0.417 e. The fourth-order valence-electron chi connectivity index (χ4n) is 4.35. The summed E-state index contributed by atoms with van der Waals surface area (Å²) in [6.07, 6.45) is -3.26. The zero-order valence-electron chi connectivity index (χ0n) is 15.7. The van der Waals surface area contributed by atoms with Crippen LogP contribution in [0.25, 0.3) is 11.5 Å². The molecule has 0 radical (unpaired) electrons. The van der Waals surface area contributed by atoms with Gasteiger partial charge in [0.05, 0.1) is 28.2 Å². The van der Waals surface area contributed by atoms with E-state index in [1.807, 2.05) is 17.6 Å². The molecule has 1 amide bonds. The molecule has 156 valence electrons. The zero-order chi connectivity index (χ0) is 21.2. The van der Waals surface area contributed by atoms with Crippen LogP contribution in [0.3, 0.4) is 0 Å². The van der Waals surface area contributed by atoms with Crippen LogP contribution >= 0.6 is 11.6 Å². The Bertz CT molecular complexity index is 1150. The summed E-state index contributed by atoms with van der Waals surface area (Å²) in [5.74, 6) is 0.691. The molecule has 2 atom stereocenters. The van der Waals surface area contributed by atoms with Crippen LogP contribution in [0.2, 0.25) is 5.02 Å². The molecule has 2 aromatic heterocycles. The standard InChI is InChI=1S/C19H16ClF3N6O/c1-9-7-13(25-24-9)16-26-27-17-14-6-5-10(8-28(16)17)29(14)18(30)11-3-2-4-12(15(11)20)19(21,22)23/h2-4,7,10,14H,5-6,8H2,1H3,(H,24,25)/t10-,14-/m1/s1. The number of amides is 1. The number of hydrogen-bond acceptors (Lipinski definition) is 4. The average Bonchev–Trinajstić information content (AvgIpc) is 3.37. The SMILES string of the molecule is Cc1cc(-c2nnc3n2C[C@H]2CC[C@H]3N2C(=O)c2cccc(C(F)(F)F)c2Cl)n[nH]1. The summed E-state index contributed by atoms with van der Waals surface area (Å²) >= 11 is 6.00. The predicted octanol–water partition coefficient (Wildman–Crippen LogP) is 4.01. The lowest BCUT2D eigenvalue weighted by molar-refractivity contribution is -0.137. The van der Waals surface area contributed by atoms with Crippen molar-refractivity contribution in [1.29, 1.82) is 0 Å². The number of H-pyrrole nitrogens is 1. The Labute approximate surface area is 173 Å². The van der Waals surface area contributed by atoms with Crippen molar-refractivity contribution in [2.75, 3.05) is 0 Å². The lowest BCUT2D eigenvalue weighted by Crippen LogP contribution is -2.44. The molecular formula is C19H16ClF3N6O. The first-order valence-corrected chi connectivity index (χ1v) is 9.77. The molecule has 2 aliphatic rings. The van der Waals surface area contributed by atoms with Gasteiger partial charge in [0.2, 0.25) is 0 Å². The number of aromatic nitrogens is 5. The minimum Gasteiger partial charge on any atom is -0.324 e. The molecule has 2 aliphatic heterocycles. The summed E-state index contributed by atoms with van der Waals surface area (Å²) in [7, 11) is 0. The number of nitrogens with one attached hydrogen (secondary N) is 1. The molecule has 1 aromatic carbocycles. The number of alkyl halides is 3. The predicted molar refractivity (Wildman–Crippen MR) is 101 cm³/mol. The Morgan fingerprint density at radius 3 is 2.77 bits per heavy atom. The Hall–Kier alpha value is -2.88. The first-order valence-electron chi connectivity index (χ1n) is 9.39. The molecule has 4 heterocycles. The molecule has 30 heavy (non-hydrogen) atoms. The molecule has 2 bridgehead atoms. The van der Waals surface area contributed by atoms with E-state index in [0.717, 1.165) is 18.2 Å². The number of rotatable bonds is 2. The maximum absolute atomic E-state index is 13.2. The van der Waals surface area contributed by atoms with E-state index in [1.165, 1.54) is 12.1 Å². The third kappa shape index (κ3) is 2.81. The van der Waals surface area contributed by atoms with Gasteiger partial charge in [0, 0.05) is 12.2 Å². The molecule has 3 aromatic rings. The Kier molecular flexibility index (Phi) is 4.18. The lowest BCUT2D eigenvalue weighted by atomic mass is 10.1. The van der Waals surface area contributed by atoms with Crippen LogP contribution in [0.5, 0.6) is 0 Å². The van der Waals surface area contributed by atoms with Crippen molar-refractivity contribution in [3.8, 4) is 11.5 Å². The first-order chi connectivity index (χ1) is 14.3. The van der Waals surface area contributed by atoms with E-state index < -0.39 is 22.7 Å². The number of benzene rings is 1. The molecule has 1 fully saturated rings. The Morgan fingerprint density at radius 2 is 2.07 bits per heavy atom. The average molecular weight is 437 g/mol. The van der Waals surface area contributed by atoms with E-state index in [-0.39, 0.29) is 17.6 Å². The molecule has 11 heteroatoms. The van der Waals surface area contributed by atoms with Crippen molar-refractivity contribution in [1.82, 2.24) is 29.9 Å². The first kappa shape index (κ1) is 19.1. The highest BCUT2D eigenvalue weighted by molar-refractivity contribution is 6.34. The normalized spacial score (nSPS) is 20.5. The molecule has 0 unspecified atom stereocenters. The maximum atomic E-state index is 13.2. The molecule has 1 saturated heterocycles. The van der Waals surface area contributed by atoms with E-state index in [9.17, 15) is 18.0 Å². The molecule has 0 aliphatic carbocycles. The van der Waals surface area contributed by atoms with Gasteiger partial charge in [-0.15, -0.1) is 10.2 Å². The number of aromatic amines is 1. The second-order valence-corrected chi connectivity index (χ2v) is 7.93. The van der Waals surface area contributed by atoms with Gasteiger partial charge in [0.15, 0.2) is 11.6 Å². The second kappa shape index (κ2) is 6.56. The smallest absolute Gasteiger partial charge is 0.324 e. The van der Waals surface area contributed by atoms with E-state index in [1.54, 1.807) is 4.90 Å². The van der Waals surface area contributed by atoms with Gasteiger partial charge in [-0.2, -0.15) is 18.3 Å². The van der Waals surface area contributed by atoms with E-state index in [4.69, 9.17) is 11.6 Å². The van der Waals surface area contributed by atoms with Gasteiger partial charge in [0.25, 0.3) is 5.91 Å². The monoisotopic (exact) mass is 436 g/mol. The second-order valence-electron chi connectivity index (χ2n) is 7.55. The van der Waals surface area contributed by atoms with Crippen LogP contribution < -0.4 is 0 Å². The number of nitrogens with zero attached hydrogens (tertiary/aromatic N) is 5. The number of aryl methyl sites for hydroxylation is 1. The fourth-order valence-corrected chi connectivity index (χ4v) is 4.67. The summed E-state index contributed by atoms with van der Waals surface area (Å²) in [4.78, 5) is 14.9. The third-order valence-corrected chi connectivity index (χ3v) is 6.08. The zero-order valence-corrected chi connectivity index (χ0v) is 16.5. The highest BCUT2D eigenvalue weighted by Gasteiger charge is 2.46. The van der Waals surface area contributed by atoms with E-state index in [0.29, 0.717) is 30.3 Å². The van der Waals surface area contributed by atoms with Crippen LogP contribution in [0.4, 0.5) is 13.2 Å². The van der Waals surface area contributed by atoms with Gasteiger partial charge in [-0.05, 0) is 38.0 Å². The van der Waals surface area contributed by atoms with Crippen LogP contribution in [-0.4, -0.2) is 41.8 Å². The number of carbonyl (C=O) groups is 1. The van der Waals surface area contributed by atoms with E-state index >= 15 is 0 Å². The van der Waals surface area contributed by atoms with E-state index in [2.05, 4.69) is 20.4 Å². The maximum Gasteiger partial charge on any atom is 0.417 e. The van der Waals surface area contributed by atoms with Gasteiger partial charge in [-0.1, -0.05) is 17.7 Å². The van der Waals surface area contributed by atoms with Crippen LogP contribution in [0.15, 0.2) is 24.3 Å². The Balaban J connectivity index is 1.52. The molecular weight excluding hydrogens is 421 g/mol. The number of carbonyl (C=O) groups excluding carboxylic acids is 1. The van der Waals surface area contributed by atoms with Crippen LogP contribution in [0, 0.1) is 6.92 Å². The lowest BCUT2D eigenvalue weighted by Gasteiger charge is -2.35. The number of fused-ring (bicyclic) bond motifs is 4. The van der Waals surface area contributed by atoms with Gasteiger partial charge in [0.1, 0.15) is 5.69 Å². The minimum atomic E-state index is -4.63. The van der Waals surface area contributed by atoms with Crippen molar-refractivity contribution < 1.29 is 18.0 Å². The van der Waals surface area contributed by atoms with Crippen LogP contribution in [0.1, 0.15) is 46.3 Å². The van der Waals surface area contributed by atoms with Crippen molar-refractivity contribution in [3.05, 3.63) is 51.9 Å². The molecule has 0 spiro atoms. The fraction of sp³-hybridized carbons (Fsp3) is 0.368. The number of hydrogen-bond donors (Lipinski definition) is 1. The van der Waals surface area contributed by atoms with Gasteiger partial charge in [-0.25, -0.2) is 0 Å². The molecule has 0 saturated carbocycles. The molecule has 7 nitrogen and oxygen atoms in total. The highest BCUT2D eigenvalue weighted by Crippen LogP contribution is 2.44.